The van der Waals surface area contributed by atoms with Crippen molar-refractivity contribution in [3.05, 3.63) is 11.9 Å². The molecule has 0 radical (unpaired) electrons. The van der Waals surface area contributed by atoms with Crippen LogP contribution in [0.25, 0.3) is 0 Å². The normalized spacial score (nSPS) is 12.4. The van der Waals surface area contributed by atoms with Gasteiger partial charge in [-0.05, 0) is 20.8 Å². The molecule has 0 fully saturated rings. The van der Waals surface area contributed by atoms with Crippen LogP contribution in [-0.4, -0.2) is 34.1 Å². The molecule has 14 heavy (non-hydrogen) atoms. The minimum atomic E-state index is 0.00334. The van der Waals surface area contributed by atoms with E-state index in [-0.39, 0.29) is 5.54 Å². The first kappa shape index (κ1) is 11.1. The van der Waals surface area contributed by atoms with Gasteiger partial charge in [-0.25, -0.2) is 10.1 Å². The molecule has 1 rings (SSSR count). The molecule has 5 nitrogen and oxygen atoms in total. The molecule has 1 heterocycles. The molecule has 5 heteroatoms. The predicted octanol–water partition coefficient (Wildman–Crippen LogP) is 0.599. The van der Waals surface area contributed by atoms with Gasteiger partial charge in [-0.1, -0.05) is 5.21 Å². The maximum Gasteiger partial charge on any atom is 0.0979 e. The topological polar surface area (TPSA) is 46.0 Å². The molecule has 1 aromatic rings. The van der Waals surface area contributed by atoms with Crippen LogP contribution in [0.15, 0.2) is 6.20 Å². The first-order chi connectivity index (χ1) is 6.39. The zero-order valence-corrected chi connectivity index (χ0v) is 9.57. The summed E-state index contributed by atoms with van der Waals surface area (Å²) < 4.78 is 1.87. The van der Waals surface area contributed by atoms with Crippen molar-refractivity contribution in [2.24, 2.45) is 0 Å². The lowest BCUT2D eigenvalue weighted by Gasteiger charge is -2.17. The third-order valence-corrected chi connectivity index (χ3v) is 1.80. The number of nitrogens with zero attached hydrogens (tertiary/aromatic N) is 4. The highest BCUT2D eigenvalue weighted by molar-refractivity contribution is 4.93. The van der Waals surface area contributed by atoms with Crippen molar-refractivity contribution in [1.82, 2.24) is 25.4 Å². The van der Waals surface area contributed by atoms with E-state index in [0.29, 0.717) is 6.54 Å². The standard InChI is InChI=1S/C9H19N5/c1-9(2,3)14-7-8(11-12-14)6-10-13(4)5/h7,10H,6H2,1-5H3. The summed E-state index contributed by atoms with van der Waals surface area (Å²) in [7, 11) is 3.91. The summed E-state index contributed by atoms with van der Waals surface area (Å²) >= 11 is 0. The fourth-order valence-electron chi connectivity index (χ4n) is 0.946. The quantitative estimate of drug-likeness (QED) is 0.721. The van der Waals surface area contributed by atoms with Crippen LogP contribution in [0.5, 0.6) is 0 Å². The Labute approximate surface area is 85.1 Å². The molecule has 0 aliphatic rings. The van der Waals surface area contributed by atoms with Crippen molar-refractivity contribution in [2.75, 3.05) is 14.1 Å². The molecule has 0 atom stereocenters. The molecule has 0 saturated carbocycles. The van der Waals surface area contributed by atoms with Gasteiger partial charge in [0, 0.05) is 14.1 Å². The van der Waals surface area contributed by atoms with Gasteiger partial charge in [0.15, 0.2) is 0 Å². The minimum absolute atomic E-state index is 0.00334. The Hall–Kier alpha value is -0.940. The number of hydrazine groups is 1. The molecular formula is C9H19N5. The van der Waals surface area contributed by atoms with E-state index < -0.39 is 0 Å². The highest BCUT2D eigenvalue weighted by Gasteiger charge is 2.14. The summed E-state index contributed by atoms with van der Waals surface area (Å²) in [6.07, 6.45) is 1.97. The summed E-state index contributed by atoms with van der Waals surface area (Å²) in [6.45, 7) is 7.02. The van der Waals surface area contributed by atoms with Gasteiger partial charge in [-0.3, -0.25) is 5.01 Å². The second-order valence-electron chi connectivity index (χ2n) is 4.55. The Morgan fingerprint density at radius 1 is 1.43 bits per heavy atom. The van der Waals surface area contributed by atoms with Crippen LogP contribution < -0.4 is 5.43 Å². The first-order valence-corrected chi connectivity index (χ1v) is 4.72. The molecular weight excluding hydrogens is 178 g/mol. The summed E-state index contributed by atoms with van der Waals surface area (Å²) in [4.78, 5) is 0. The van der Waals surface area contributed by atoms with Crippen LogP contribution in [0.4, 0.5) is 0 Å². The van der Waals surface area contributed by atoms with Crippen LogP contribution >= 0.6 is 0 Å². The molecule has 0 amide bonds. The molecule has 0 saturated heterocycles. The molecule has 0 aliphatic heterocycles. The van der Waals surface area contributed by atoms with Crippen LogP contribution in [-0.2, 0) is 12.1 Å². The largest absolute Gasteiger partial charge is 0.250 e. The second kappa shape index (κ2) is 4.06. The fourth-order valence-corrected chi connectivity index (χ4v) is 0.946. The lowest BCUT2D eigenvalue weighted by molar-refractivity contribution is 0.284. The maximum atomic E-state index is 4.08. The van der Waals surface area contributed by atoms with Crippen LogP contribution in [0.1, 0.15) is 26.5 Å². The van der Waals surface area contributed by atoms with Gasteiger partial charge in [0.05, 0.1) is 24.0 Å². The molecule has 0 bridgehead atoms. The van der Waals surface area contributed by atoms with Gasteiger partial charge in [-0.15, -0.1) is 5.10 Å². The minimum Gasteiger partial charge on any atom is -0.250 e. The monoisotopic (exact) mass is 197 g/mol. The molecule has 80 valence electrons. The van der Waals surface area contributed by atoms with E-state index in [0.717, 1.165) is 5.69 Å². The lowest BCUT2D eigenvalue weighted by Crippen LogP contribution is -2.29. The highest BCUT2D eigenvalue weighted by atomic mass is 15.5. The van der Waals surface area contributed by atoms with E-state index in [1.807, 2.05) is 30.0 Å². The fraction of sp³-hybridized carbons (Fsp3) is 0.778. The number of rotatable bonds is 3. The van der Waals surface area contributed by atoms with Crippen molar-refractivity contribution in [3.63, 3.8) is 0 Å². The van der Waals surface area contributed by atoms with Crippen LogP contribution in [0, 0.1) is 0 Å². The Bertz CT molecular complexity index is 284. The second-order valence-corrected chi connectivity index (χ2v) is 4.55. The zero-order chi connectivity index (χ0) is 10.8. The van der Waals surface area contributed by atoms with E-state index >= 15 is 0 Å². The van der Waals surface area contributed by atoms with Crippen molar-refractivity contribution >= 4 is 0 Å². The van der Waals surface area contributed by atoms with E-state index in [4.69, 9.17) is 0 Å². The zero-order valence-electron chi connectivity index (χ0n) is 9.57. The third-order valence-electron chi connectivity index (χ3n) is 1.80. The summed E-state index contributed by atoms with van der Waals surface area (Å²) in [5, 5.41) is 10.1. The van der Waals surface area contributed by atoms with Gasteiger partial charge in [-0.2, -0.15) is 0 Å². The van der Waals surface area contributed by atoms with Crippen LogP contribution in [0.2, 0.25) is 0 Å². The Balaban J connectivity index is 2.60. The third kappa shape index (κ3) is 3.08. The van der Waals surface area contributed by atoms with Crippen molar-refractivity contribution in [2.45, 2.75) is 32.9 Å². The first-order valence-electron chi connectivity index (χ1n) is 4.72. The van der Waals surface area contributed by atoms with Gasteiger partial charge in [0.25, 0.3) is 0 Å². The van der Waals surface area contributed by atoms with Gasteiger partial charge >= 0.3 is 0 Å². The van der Waals surface area contributed by atoms with E-state index in [2.05, 4.69) is 36.5 Å². The maximum absolute atomic E-state index is 4.08. The summed E-state index contributed by atoms with van der Waals surface area (Å²) in [6, 6.07) is 0. The number of hydrogen-bond donors (Lipinski definition) is 1. The van der Waals surface area contributed by atoms with Gasteiger partial charge in [0.1, 0.15) is 0 Å². The average molecular weight is 197 g/mol. The molecule has 1 aromatic heterocycles. The van der Waals surface area contributed by atoms with Gasteiger partial charge in [0.2, 0.25) is 0 Å². The Morgan fingerprint density at radius 2 is 2.07 bits per heavy atom. The number of aromatic nitrogens is 3. The predicted molar refractivity (Wildman–Crippen MR) is 55.5 cm³/mol. The number of hydrogen-bond acceptors (Lipinski definition) is 4. The number of nitrogens with one attached hydrogen (secondary N) is 1. The van der Waals surface area contributed by atoms with Crippen molar-refractivity contribution in [1.29, 1.82) is 0 Å². The molecule has 0 aromatic carbocycles. The van der Waals surface area contributed by atoms with Crippen molar-refractivity contribution in [3.8, 4) is 0 Å². The van der Waals surface area contributed by atoms with Crippen molar-refractivity contribution < 1.29 is 0 Å². The molecule has 1 N–H and O–H groups in total. The lowest BCUT2D eigenvalue weighted by atomic mass is 10.1. The average Bonchev–Trinajstić information content (AvgIpc) is 2.47. The summed E-state index contributed by atoms with van der Waals surface area (Å²) in [5.41, 5.74) is 4.10. The molecule has 0 spiro atoms. The summed E-state index contributed by atoms with van der Waals surface area (Å²) in [5.74, 6) is 0. The SMILES string of the molecule is CN(C)NCc1cn(C(C)(C)C)nn1. The van der Waals surface area contributed by atoms with E-state index in [9.17, 15) is 0 Å². The molecule has 0 unspecified atom stereocenters. The highest BCUT2D eigenvalue weighted by Crippen LogP contribution is 2.11. The van der Waals surface area contributed by atoms with E-state index in [1.165, 1.54) is 0 Å². The van der Waals surface area contributed by atoms with Crippen LogP contribution in [0.3, 0.4) is 0 Å². The van der Waals surface area contributed by atoms with Gasteiger partial charge < -0.3 is 0 Å². The Morgan fingerprint density at radius 3 is 2.50 bits per heavy atom. The van der Waals surface area contributed by atoms with E-state index in [1.54, 1.807) is 0 Å². The molecule has 0 aliphatic carbocycles. The Kier molecular flexibility index (Phi) is 3.23. The smallest absolute Gasteiger partial charge is 0.0979 e.